The van der Waals surface area contributed by atoms with Gasteiger partial charge in [-0.25, -0.2) is 0 Å². The van der Waals surface area contributed by atoms with E-state index in [9.17, 15) is 0 Å². The van der Waals surface area contributed by atoms with Crippen LogP contribution in [0.15, 0.2) is 18.2 Å². The van der Waals surface area contributed by atoms with E-state index in [0.717, 1.165) is 23.5 Å². The Balaban J connectivity index is 2.53. The molecule has 1 atom stereocenters. The van der Waals surface area contributed by atoms with Gasteiger partial charge in [0.1, 0.15) is 0 Å². The lowest BCUT2D eigenvalue weighted by atomic mass is 10.1. The second-order valence-electron chi connectivity index (χ2n) is 3.37. The van der Waals surface area contributed by atoms with Gasteiger partial charge in [0.05, 0.1) is 10.0 Å². The molecule has 0 aliphatic rings. The van der Waals surface area contributed by atoms with E-state index in [0.29, 0.717) is 10.0 Å². The van der Waals surface area contributed by atoms with Crippen molar-refractivity contribution in [2.45, 2.75) is 19.4 Å². The van der Waals surface area contributed by atoms with Crippen LogP contribution in [0.3, 0.4) is 0 Å². The summed E-state index contributed by atoms with van der Waals surface area (Å²) in [4.78, 5) is 0. The molecule has 0 bridgehead atoms. The SMILES string of the molecule is CCSCC(N)Cc1ccc(Cl)c(Cl)c1. The maximum absolute atomic E-state index is 5.98. The second kappa shape index (κ2) is 6.64. The average Bonchev–Trinajstić information content (AvgIpc) is 2.20. The Morgan fingerprint density at radius 3 is 2.67 bits per heavy atom. The summed E-state index contributed by atoms with van der Waals surface area (Å²) >= 11 is 13.6. The summed E-state index contributed by atoms with van der Waals surface area (Å²) < 4.78 is 0. The predicted octanol–water partition coefficient (Wildman–Crippen LogP) is 3.62. The molecular formula is C11H15Cl2NS. The first-order chi connectivity index (χ1) is 7.13. The first-order valence-corrected chi connectivity index (χ1v) is 6.81. The van der Waals surface area contributed by atoms with Crippen LogP contribution in [0.25, 0.3) is 0 Å². The molecule has 0 radical (unpaired) electrons. The van der Waals surface area contributed by atoms with E-state index in [-0.39, 0.29) is 6.04 Å². The number of hydrogen-bond donors (Lipinski definition) is 1. The van der Waals surface area contributed by atoms with Crippen LogP contribution in [-0.4, -0.2) is 17.5 Å². The lowest BCUT2D eigenvalue weighted by Crippen LogP contribution is -2.25. The van der Waals surface area contributed by atoms with Crippen molar-refractivity contribution in [2.75, 3.05) is 11.5 Å². The van der Waals surface area contributed by atoms with Crippen molar-refractivity contribution < 1.29 is 0 Å². The molecule has 1 nitrogen and oxygen atoms in total. The highest BCUT2D eigenvalue weighted by molar-refractivity contribution is 7.99. The summed E-state index contributed by atoms with van der Waals surface area (Å²) in [6, 6.07) is 5.87. The van der Waals surface area contributed by atoms with Gasteiger partial charge in [-0.3, -0.25) is 0 Å². The molecule has 0 saturated carbocycles. The van der Waals surface area contributed by atoms with Crippen LogP contribution in [0, 0.1) is 0 Å². The smallest absolute Gasteiger partial charge is 0.0595 e. The van der Waals surface area contributed by atoms with Crippen molar-refractivity contribution in [3.05, 3.63) is 33.8 Å². The number of thioether (sulfide) groups is 1. The first kappa shape index (κ1) is 13.2. The average molecular weight is 264 g/mol. The minimum absolute atomic E-state index is 0.187. The van der Waals surface area contributed by atoms with Gasteiger partial charge < -0.3 is 5.73 Å². The van der Waals surface area contributed by atoms with E-state index in [4.69, 9.17) is 28.9 Å². The Hall–Kier alpha value is 0.110. The first-order valence-electron chi connectivity index (χ1n) is 4.90. The highest BCUT2D eigenvalue weighted by atomic mass is 35.5. The standard InChI is InChI=1S/C11H15Cl2NS/c1-2-15-7-9(14)5-8-3-4-10(12)11(13)6-8/h3-4,6,9H,2,5,7,14H2,1H3. The van der Waals surface area contributed by atoms with E-state index in [1.807, 2.05) is 30.0 Å². The van der Waals surface area contributed by atoms with Crippen molar-refractivity contribution in [1.29, 1.82) is 0 Å². The molecule has 84 valence electrons. The maximum Gasteiger partial charge on any atom is 0.0595 e. The summed E-state index contributed by atoms with van der Waals surface area (Å²) in [6.45, 7) is 2.14. The van der Waals surface area contributed by atoms with Gasteiger partial charge in [-0.15, -0.1) is 0 Å². The summed E-state index contributed by atoms with van der Waals surface area (Å²) in [6.07, 6.45) is 0.851. The summed E-state index contributed by atoms with van der Waals surface area (Å²) in [5.74, 6) is 2.09. The molecule has 1 rings (SSSR count). The topological polar surface area (TPSA) is 26.0 Å². The van der Waals surface area contributed by atoms with E-state index in [1.165, 1.54) is 0 Å². The third-order valence-corrected chi connectivity index (χ3v) is 3.83. The predicted molar refractivity (Wildman–Crippen MR) is 71.1 cm³/mol. The third-order valence-electron chi connectivity index (χ3n) is 2.02. The van der Waals surface area contributed by atoms with E-state index < -0.39 is 0 Å². The molecule has 0 amide bonds. The van der Waals surface area contributed by atoms with Crippen LogP contribution in [0.2, 0.25) is 10.0 Å². The third kappa shape index (κ3) is 4.64. The molecular weight excluding hydrogens is 249 g/mol. The van der Waals surface area contributed by atoms with Crippen molar-refractivity contribution in [2.24, 2.45) is 5.73 Å². The quantitative estimate of drug-likeness (QED) is 0.879. The zero-order valence-electron chi connectivity index (χ0n) is 8.67. The Bertz CT molecular complexity index is 317. The van der Waals surface area contributed by atoms with Gasteiger partial charge in [-0.2, -0.15) is 11.8 Å². The van der Waals surface area contributed by atoms with E-state index in [2.05, 4.69) is 6.92 Å². The van der Waals surface area contributed by atoms with E-state index >= 15 is 0 Å². The van der Waals surface area contributed by atoms with Gasteiger partial charge in [-0.1, -0.05) is 36.2 Å². The molecule has 0 heterocycles. The Labute approximate surface area is 105 Å². The second-order valence-corrected chi connectivity index (χ2v) is 5.51. The fraction of sp³-hybridized carbons (Fsp3) is 0.455. The monoisotopic (exact) mass is 263 g/mol. The summed E-state index contributed by atoms with van der Waals surface area (Å²) in [7, 11) is 0. The van der Waals surface area contributed by atoms with Crippen LogP contribution in [0.5, 0.6) is 0 Å². The summed E-state index contributed by atoms with van der Waals surface area (Å²) in [5.41, 5.74) is 7.13. The van der Waals surface area contributed by atoms with Gasteiger partial charge in [0.2, 0.25) is 0 Å². The number of rotatable bonds is 5. The molecule has 0 aliphatic carbocycles. The maximum atomic E-state index is 5.98. The number of benzene rings is 1. The molecule has 4 heteroatoms. The lowest BCUT2D eigenvalue weighted by Gasteiger charge is -2.11. The lowest BCUT2D eigenvalue weighted by molar-refractivity contribution is 0.749. The Kier molecular flexibility index (Phi) is 5.83. The van der Waals surface area contributed by atoms with Crippen LogP contribution < -0.4 is 5.73 Å². The highest BCUT2D eigenvalue weighted by Crippen LogP contribution is 2.23. The van der Waals surface area contributed by atoms with Crippen LogP contribution in [0.1, 0.15) is 12.5 Å². The van der Waals surface area contributed by atoms with Gasteiger partial charge in [0.25, 0.3) is 0 Å². The molecule has 0 spiro atoms. The minimum Gasteiger partial charge on any atom is -0.327 e. The van der Waals surface area contributed by atoms with Crippen LogP contribution in [0.4, 0.5) is 0 Å². The molecule has 1 aromatic carbocycles. The van der Waals surface area contributed by atoms with Gasteiger partial charge in [0.15, 0.2) is 0 Å². The molecule has 0 fully saturated rings. The van der Waals surface area contributed by atoms with Crippen LogP contribution in [-0.2, 0) is 6.42 Å². The van der Waals surface area contributed by atoms with Gasteiger partial charge >= 0.3 is 0 Å². The zero-order chi connectivity index (χ0) is 11.3. The molecule has 0 aromatic heterocycles. The Morgan fingerprint density at radius 1 is 1.33 bits per heavy atom. The number of hydrogen-bond acceptors (Lipinski definition) is 2. The number of nitrogens with two attached hydrogens (primary N) is 1. The fourth-order valence-electron chi connectivity index (χ4n) is 1.30. The van der Waals surface area contributed by atoms with Crippen molar-refractivity contribution in [3.63, 3.8) is 0 Å². The van der Waals surface area contributed by atoms with E-state index in [1.54, 1.807) is 0 Å². The van der Waals surface area contributed by atoms with Crippen LogP contribution >= 0.6 is 35.0 Å². The van der Waals surface area contributed by atoms with Crippen molar-refractivity contribution in [1.82, 2.24) is 0 Å². The van der Waals surface area contributed by atoms with Crippen molar-refractivity contribution >= 4 is 35.0 Å². The molecule has 1 aromatic rings. The van der Waals surface area contributed by atoms with Gasteiger partial charge in [-0.05, 0) is 29.9 Å². The normalized spacial score (nSPS) is 12.8. The molecule has 15 heavy (non-hydrogen) atoms. The molecule has 1 unspecified atom stereocenters. The summed E-state index contributed by atoms with van der Waals surface area (Å²) in [5, 5.41) is 1.20. The zero-order valence-corrected chi connectivity index (χ0v) is 11.0. The molecule has 0 aliphatic heterocycles. The largest absolute Gasteiger partial charge is 0.327 e. The fourth-order valence-corrected chi connectivity index (χ4v) is 2.27. The van der Waals surface area contributed by atoms with Crippen molar-refractivity contribution in [3.8, 4) is 0 Å². The Morgan fingerprint density at radius 2 is 2.07 bits per heavy atom. The minimum atomic E-state index is 0.187. The number of halogens is 2. The molecule has 0 saturated heterocycles. The highest BCUT2D eigenvalue weighted by Gasteiger charge is 2.05. The van der Waals surface area contributed by atoms with Gasteiger partial charge in [0, 0.05) is 11.8 Å². The molecule has 2 N–H and O–H groups in total.